The van der Waals surface area contributed by atoms with Crippen LogP contribution in [0, 0.1) is 11.3 Å². The summed E-state index contributed by atoms with van der Waals surface area (Å²) in [7, 11) is 1.83. The Morgan fingerprint density at radius 1 is 1.30 bits per heavy atom. The smallest absolute Gasteiger partial charge is 0.272 e. The van der Waals surface area contributed by atoms with E-state index in [4.69, 9.17) is 0 Å². The maximum atomic E-state index is 12.8. The van der Waals surface area contributed by atoms with E-state index in [0.29, 0.717) is 24.7 Å². The van der Waals surface area contributed by atoms with Crippen LogP contribution < -0.4 is 0 Å². The lowest BCUT2D eigenvalue weighted by Gasteiger charge is -2.27. The number of fused-ring (bicyclic) bond motifs is 1. The van der Waals surface area contributed by atoms with Crippen LogP contribution in [-0.2, 0) is 7.05 Å². The standard InChI is InChI=1S/C21H26N4O2/c1-23-16-22-10-19(23)20(27)25-12-18-11-24(13-21(18,14-25)15-26)9-5-8-17-6-3-2-4-7-17/h2-8,10,16,18,26H,9,11-15H2,1H3. The van der Waals surface area contributed by atoms with Crippen molar-refractivity contribution >= 4 is 12.0 Å². The molecule has 0 radical (unpaired) electrons. The van der Waals surface area contributed by atoms with Crippen LogP contribution in [0.25, 0.3) is 6.08 Å². The summed E-state index contributed by atoms with van der Waals surface area (Å²) in [5, 5.41) is 10.1. The lowest BCUT2D eigenvalue weighted by molar-refractivity contribution is 0.0715. The molecular formula is C21H26N4O2. The Morgan fingerprint density at radius 2 is 2.11 bits per heavy atom. The van der Waals surface area contributed by atoms with Crippen LogP contribution in [0.15, 0.2) is 48.9 Å². The van der Waals surface area contributed by atoms with Crippen molar-refractivity contribution in [3.63, 3.8) is 0 Å². The molecule has 6 nitrogen and oxygen atoms in total. The number of hydrogen-bond donors (Lipinski definition) is 1. The normalized spacial score (nSPS) is 25.4. The number of aromatic nitrogens is 2. The van der Waals surface area contributed by atoms with Gasteiger partial charge in [-0.3, -0.25) is 9.69 Å². The molecule has 27 heavy (non-hydrogen) atoms. The molecule has 4 rings (SSSR count). The number of rotatable bonds is 5. The predicted molar refractivity (Wildman–Crippen MR) is 104 cm³/mol. The van der Waals surface area contributed by atoms with Crippen LogP contribution in [0.3, 0.4) is 0 Å². The van der Waals surface area contributed by atoms with Crippen LogP contribution in [0.2, 0.25) is 0 Å². The minimum Gasteiger partial charge on any atom is -0.396 e. The fourth-order valence-corrected chi connectivity index (χ4v) is 4.44. The minimum atomic E-state index is -0.213. The molecule has 2 saturated heterocycles. The second kappa shape index (κ2) is 7.29. The van der Waals surface area contributed by atoms with Crippen LogP contribution in [0.1, 0.15) is 16.1 Å². The Labute approximate surface area is 159 Å². The number of carbonyl (C=O) groups is 1. The van der Waals surface area contributed by atoms with Gasteiger partial charge in [0.1, 0.15) is 5.69 Å². The number of aryl methyl sites for hydroxylation is 1. The van der Waals surface area contributed by atoms with Gasteiger partial charge in [-0.05, 0) is 11.5 Å². The van der Waals surface area contributed by atoms with E-state index in [1.165, 1.54) is 5.56 Å². The average Bonchev–Trinajstić information content (AvgIpc) is 3.34. The third-order valence-electron chi connectivity index (χ3n) is 5.94. The van der Waals surface area contributed by atoms with E-state index in [2.05, 4.69) is 34.2 Å². The topological polar surface area (TPSA) is 61.6 Å². The highest BCUT2D eigenvalue weighted by molar-refractivity contribution is 5.92. The molecular weight excluding hydrogens is 340 g/mol. The van der Waals surface area contributed by atoms with E-state index in [-0.39, 0.29) is 17.9 Å². The third-order valence-corrected chi connectivity index (χ3v) is 5.94. The largest absolute Gasteiger partial charge is 0.396 e. The van der Waals surface area contributed by atoms with Gasteiger partial charge in [0.25, 0.3) is 5.91 Å². The molecule has 3 heterocycles. The number of benzene rings is 1. The van der Waals surface area contributed by atoms with Crippen molar-refractivity contribution in [1.82, 2.24) is 19.4 Å². The lowest BCUT2D eigenvalue weighted by Crippen LogP contribution is -2.39. The van der Waals surface area contributed by atoms with Crippen molar-refractivity contribution in [1.29, 1.82) is 0 Å². The number of amides is 1. The van der Waals surface area contributed by atoms with Gasteiger partial charge in [0.05, 0.1) is 19.1 Å². The number of aliphatic hydroxyl groups excluding tert-OH is 1. The summed E-state index contributed by atoms with van der Waals surface area (Å²) >= 11 is 0. The zero-order valence-electron chi connectivity index (χ0n) is 15.7. The second-order valence-electron chi connectivity index (χ2n) is 7.80. The summed E-state index contributed by atoms with van der Waals surface area (Å²) in [4.78, 5) is 21.1. The van der Waals surface area contributed by atoms with Crippen LogP contribution in [0.4, 0.5) is 0 Å². The summed E-state index contributed by atoms with van der Waals surface area (Å²) in [5.41, 5.74) is 1.59. The Kier molecular flexibility index (Phi) is 4.85. The van der Waals surface area contributed by atoms with Crippen molar-refractivity contribution < 1.29 is 9.90 Å². The number of nitrogens with zero attached hydrogens (tertiary/aromatic N) is 4. The molecule has 0 saturated carbocycles. The van der Waals surface area contributed by atoms with E-state index in [1.807, 2.05) is 30.1 Å². The number of carbonyl (C=O) groups excluding carboxylic acids is 1. The van der Waals surface area contributed by atoms with Gasteiger partial charge in [-0.2, -0.15) is 0 Å². The molecule has 2 fully saturated rings. The highest BCUT2D eigenvalue weighted by Crippen LogP contribution is 2.42. The van der Waals surface area contributed by atoms with Crippen molar-refractivity contribution in [3.8, 4) is 0 Å². The number of aliphatic hydroxyl groups is 1. The first-order chi connectivity index (χ1) is 13.1. The van der Waals surface area contributed by atoms with Crippen molar-refractivity contribution in [2.24, 2.45) is 18.4 Å². The molecule has 2 aliphatic heterocycles. The number of likely N-dealkylation sites (tertiary alicyclic amines) is 2. The zero-order chi connectivity index (χ0) is 18.9. The van der Waals surface area contributed by atoms with Crippen molar-refractivity contribution in [3.05, 3.63) is 60.2 Å². The number of hydrogen-bond acceptors (Lipinski definition) is 4. The quantitative estimate of drug-likeness (QED) is 0.871. The zero-order valence-corrected chi connectivity index (χ0v) is 15.7. The monoisotopic (exact) mass is 366 g/mol. The van der Waals surface area contributed by atoms with Gasteiger partial charge in [0.15, 0.2) is 0 Å². The van der Waals surface area contributed by atoms with E-state index < -0.39 is 0 Å². The van der Waals surface area contributed by atoms with Gasteiger partial charge in [0, 0.05) is 45.2 Å². The van der Waals surface area contributed by atoms with Gasteiger partial charge < -0.3 is 14.6 Å². The fraction of sp³-hybridized carbons (Fsp3) is 0.429. The highest BCUT2D eigenvalue weighted by Gasteiger charge is 2.53. The van der Waals surface area contributed by atoms with Gasteiger partial charge in [-0.1, -0.05) is 42.5 Å². The maximum absolute atomic E-state index is 12.8. The van der Waals surface area contributed by atoms with Gasteiger partial charge >= 0.3 is 0 Å². The molecule has 0 aliphatic carbocycles. The molecule has 0 spiro atoms. The first kappa shape index (κ1) is 17.9. The molecule has 1 amide bonds. The fourth-order valence-electron chi connectivity index (χ4n) is 4.44. The molecule has 6 heteroatoms. The Bertz CT molecular complexity index is 832. The van der Waals surface area contributed by atoms with Gasteiger partial charge in [-0.15, -0.1) is 0 Å². The molecule has 2 aromatic rings. The molecule has 1 aromatic carbocycles. The molecule has 1 aromatic heterocycles. The molecule has 0 bridgehead atoms. The molecule has 2 atom stereocenters. The molecule has 142 valence electrons. The highest BCUT2D eigenvalue weighted by atomic mass is 16.3. The summed E-state index contributed by atoms with van der Waals surface area (Å²) in [6.45, 7) is 4.02. The number of imidazole rings is 1. The van der Waals surface area contributed by atoms with E-state index in [0.717, 1.165) is 19.6 Å². The van der Waals surface area contributed by atoms with Gasteiger partial charge in [0.2, 0.25) is 0 Å². The Balaban J connectivity index is 1.39. The SMILES string of the molecule is Cn1cncc1C(=O)N1CC2CN(CC=Cc3ccccc3)CC2(CO)C1. The van der Waals surface area contributed by atoms with Crippen LogP contribution >= 0.6 is 0 Å². The lowest BCUT2D eigenvalue weighted by atomic mass is 9.82. The summed E-state index contributed by atoms with van der Waals surface area (Å²) in [6, 6.07) is 10.3. The van der Waals surface area contributed by atoms with E-state index in [9.17, 15) is 9.90 Å². The second-order valence-corrected chi connectivity index (χ2v) is 7.80. The molecule has 2 aliphatic rings. The van der Waals surface area contributed by atoms with E-state index >= 15 is 0 Å². The van der Waals surface area contributed by atoms with Crippen LogP contribution in [0.5, 0.6) is 0 Å². The first-order valence-corrected chi connectivity index (χ1v) is 9.42. The summed E-state index contributed by atoms with van der Waals surface area (Å²) in [5.74, 6) is 0.317. The minimum absolute atomic E-state index is 0.00717. The van der Waals surface area contributed by atoms with E-state index in [1.54, 1.807) is 17.1 Å². The first-order valence-electron chi connectivity index (χ1n) is 9.42. The van der Waals surface area contributed by atoms with Crippen molar-refractivity contribution in [2.75, 3.05) is 39.3 Å². The predicted octanol–water partition coefficient (Wildman–Crippen LogP) is 1.50. The van der Waals surface area contributed by atoms with Crippen molar-refractivity contribution in [2.45, 2.75) is 0 Å². The Hall–Kier alpha value is -2.44. The third kappa shape index (κ3) is 3.42. The summed E-state index contributed by atoms with van der Waals surface area (Å²) in [6.07, 6.45) is 7.58. The maximum Gasteiger partial charge on any atom is 0.272 e. The average molecular weight is 366 g/mol. The molecule has 2 unspecified atom stereocenters. The summed E-state index contributed by atoms with van der Waals surface area (Å²) < 4.78 is 1.75. The van der Waals surface area contributed by atoms with Gasteiger partial charge in [-0.25, -0.2) is 4.98 Å². The Morgan fingerprint density at radius 3 is 2.78 bits per heavy atom. The molecule has 1 N–H and O–H groups in total. The van der Waals surface area contributed by atoms with Crippen LogP contribution in [-0.4, -0.2) is 69.7 Å².